The number of hydrazine groups is 1. The average Bonchev–Trinajstić information content (AvgIpc) is 3.49. The molecule has 2 aromatic rings. The molecule has 0 spiro atoms. The van der Waals surface area contributed by atoms with Gasteiger partial charge in [-0.05, 0) is 37.8 Å². The van der Waals surface area contributed by atoms with E-state index in [1.54, 1.807) is 29.4 Å². The number of anilines is 2. The van der Waals surface area contributed by atoms with E-state index >= 15 is 0 Å². The van der Waals surface area contributed by atoms with Crippen LogP contribution in [0.15, 0.2) is 35.8 Å². The molecule has 2 N–H and O–H groups in total. The molecule has 1 amide bonds. The monoisotopic (exact) mass is 446 g/mol. The van der Waals surface area contributed by atoms with Gasteiger partial charge >= 0.3 is 6.18 Å². The highest BCUT2D eigenvalue weighted by atomic mass is 19.4. The van der Waals surface area contributed by atoms with Crippen LogP contribution in [0.25, 0.3) is 0 Å². The van der Waals surface area contributed by atoms with Gasteiger partial charge in [0.25, 0.3) is 5.91 Å². The molecule has 2 aromatic heterocycles. The van der Waals surface area contributed by atoms with Crippen LogP contribution in [0.1, 0.15) is 35.7 Å². The minimum atomic E-state index is -4.48. The van der Waals surface area contributed by atoms with Crippen LogP contribution in [0.2, 0.25) is 0 Å². The van der Waals surface area contributed by atoms with Crippen molar-refractivity contribution < 1.29 is 18.0 Å². The van der Waals surface area contributed by atoms with E-state index < -0.39 is 11.7 Å². The number of nitrogens with zero attached hydrogens (tertiary/aromatic N) is 6. The highest BCUT2D eigenvalue weighted by Crippen LogP contribution is 2.40. The fourth-order valence-electron chi connectivity index (χ4n) is 4.56. The lowest BCUT2D eigenvalue weighted by Crippen LogP contribution is -2.48. The zero-order valence-electron chi connectivity index (χ0n) is 17.1. The van der Waals surface area contributed by atoms with E-state index in [0.717, 1.165) is 25.2 Å². The number of pyridine rings is 1. The van der Waals surface area contributed by atoms with Crippen LogP contribution in [-0.2, 0) is 6.18 Å². The van der Waals surface area contributed by atoms with Gasteiger partial charge in [0.05, 0.1) is 23.2 Å². The molecular formula is C20H21F3N8O. The number of aromatic nitrogens is 3. The molecule has 2 aliphatic heterocycles. The van der Waals surface area contributed by atoms with Crippen molar-refractivity contribution in [3.8, 4) is 0 Å². The Morgan fingerprint density at radius 2 is 2.00 bits per heavy atom. The number of halogens is 3. The number of fused-ring (bicyclic) bond motifs is 2. The Balaban J connectivity index is 1.32. The summed E-state index contributed by atoms with van der Waals surface area (Å²) in [4.78, 5) is 27.2. The van der Waals surface area contributed by atoms with E-state index in [0.29, 0.717) is 23.8 Å². The average molecular weight is 446 g/mol. The van der Waals surface area contributed by atoms with E-state index in [9.17, 15) is 18.0 Å². The predicted octanol–water partition coefficient (Wildman–Crippen LogP) is 2.30. The Morgan fingerprint density at radius 1 is 1.22 bits per heavy atom. The second-order valence-electron chi connectivity index (χ2n) is 8.27. The Morgan fingerprint density at radius 3 is 2.66 bits per heavy atom. The fraction of sp³-hybridized carbons (Fsp3) is 0.450. The lowest BCUT2D eigenvalue weighted by atomic mass is 10.0. The lowest BCUT2D eigenvalue weighted by Gasteiger charge is -2.34. The van der Waals surface area contributed by atoms with E-state index in [1.165, 1.54) is 5.12 Å². The standard InChI is InChI=1S/C20H21F3N8O/c1-11-7-27-31(29-11)17-14(3-2-4-24-17)18(32)30-10-12-5-15(16(30)6-12)28-19-25-8-13(9-26-19)20(21,22)23/h2-4,7-9,11-12,15-16,29H,5-6,10H2,1H3,(H,25,26,28). The molecule has 3 aliphatic rings. The number of hydrogen-bond acceptors (Lipinski definition) is 8. The Kier molecular flexibility index (Phi) is 4.96. The number of carbonyl (C=O) groups excluding carboxylic acids is 1. The highest BCUT2D eigenvalue weighted by Gasteiger charge is 2.48. The summed E-state index contributed by atoms with van der Waals surface area (Å²) >= 11 is 0. The maximum atomic E-state index is 13.4. The summed E-state index contributed by atoms with van der Waals surface area (Å²) in [5.41, 5.74) is 2.65. The molecule has 4 heterocycles. The Bertz CT molecular complexity index is 1040. The van der Waals surface area contributed by atoms with Crippen molar-refractivity contribution in [2.75, 3.05) is 17.0 Å². The first kappa shape index (κ1) is 20.6. The molecule has 2 bridgehead atoms. The largest absolute Gasteiger partial charge is 0.419 e. The van der Waals surface area contributed by atoms with Crippen LogP contribution in [0.3, 0.4) is 0 Å². The molecule has 5 rings (SSSR count). The summed E-state index contributed by atoms with van der Waals surface area (Å²) in [5, 5.41) is 8.87. The molecule has 0 aromatic carbocycles. The Labute approximate surface area is 181 Å². The van der Waals surface area contributed by atoms with Gasteiger partial charge < -0.3 is 10.2 Å². The van der Waals surface area contributed by atoms with Gasteiger partial charge in [0, 0.05) is 37.4 Å². The van der Waals surface area contributed by atoms with Crippen LogP contribution >= 0.6 is 0 Å². The summed E-state index contributed by atoms with van der Waals surface area (Å²) in [6, 6.07) is 3.20. The number of carbonyl (C=O) groups is 1. The predicted molar refractivity (Wildman–Crippen MR) is 110 cm³/mol. The third-order valence-corrected chi connectivity index (χ3v) is 5.99. The first-order valence-electron chi connectivity index (χ1n) is 10.3. The van der Waals surface area contributed by atoms with Gasteiger partial charge in [-0.15, -0.1) is 0 Å². The molecule has 4 unspecified atom stereocenters. The number of amides is 1. The van der Waals surface area contributed by atoms with Crippen molar-refractivity contribution in [1.29, 1.82) is 0 Å². The molecule has 4 atom stereocenters. The number of alkyl halides is 3. The van der Waals surface area contributed by atoms with Crippen molar-refractivity contribution >= 4 is 23.9 Å². The zero-order chi connectivity index (χ0) is 22.5. The zero-order valence-corrected chi connectivity index (χ0v) is 17.1. The molecule has 0 radical (unpaired) electrons. The lowest BCUT2D eigenvalue weighted by molar-refractivity contribution is -0.138. The third-order valence-electron chi connectivity index (χ3n) is 5.99. The molecular weight excluding hydrogens is 425 g/mol. The maximum Gasteiger partial charge on any atom is 0.419 e. The first-order chi connectivity index (χ1) is 15.3. The second kappa shape index (κ2) is 7.69. The van der Waals surface area contributed by atoms with Gasteiger partial charge in [-0.3, -0.25) is 4.79 Å². The number of likely N-dealkylation sites (tertiary alicyclic amines) is 1. The molecule has 9 nitrogen and oxygen atoms in total. The molecule has 1 saturated heterocycles. The molecule has 2 fully saturated rings. The third kappa shape index (κ3) is 3.74. The highest BCUT2D eigenvalue weighted by molar-refractivity contribution is 5.99. The van der Waals surface area contributed by atoms with Crippen LogP contribution in [0.4, 0.5) is 24.9 Å². The van der Waals surface area contributed by atoms with Crippen molar-refractivity contribution in [2.45, 2.75) is 44.1 Å². The van der Waals surface area contributed by atoms with Gasteiger partial charge in [0.1, 0.15) is 0 Å². The van der Waals surface area contributed by atoms with Crippen molar-refractivity contribution in [1.82, 2.24) is 25.3 Å². The Hall–Kier alpha value is -3.28. The van der Waals surface area contributed by atoms with Gasteiger partial charge in [0.2, 0.25) is 5.95 Å². The molecule has 1 saturated carbocycles. The summed E-state index contributed by atoms with van der Waals surface area (Å²) in [6.45, 7) is 2.56. The minimum absolute atomic E-state index is 0.0278. The summed E-state index contributed by atoms with van der Waals surface area (Å²) in [6.07, 6.45) is 1.99. The molecule has 12 heteroatoms. The van der Waals surface area contributed by atoms with Crippen LogP contribution in [0.5, 0.6) is 0 Å². The first-order valence-corrected chi connectivity index (χ1v) is 10.3. The summed E-state index contributed by atoms with van der Waals surface area (Å²) in [5.74, 6) is 0.696. The van der Waals surface area contributed by atoms with Gasteiger partial charge in [-0.1, -0.05) is 0 Å². The van der Waals surface area contributed by atoms with Crippen LogP contribution in [0, 0.1) is 5.92 Å². The van der Waals surface area contributed by atoms with Gasteiger partial charge in [-0.2, -0.15) is 23.4 Å². The molecule has 168 valence electrons. The quantitative estimate of drug-likeness (QED) is 0.744. The van der Waals surface area contributed by atoms with Crippen molar-refractivity contribution in [3.63, 3.8) is 0 Å². The van der Waals surface area contributed by atoms with E-state index in [4.69, 9.17) is 0 Å². The van der Waals surface area contributed by atoms with E-state index in [1.807, 2.05) is 6.92 Å². The van der Waals surface area contributed by atoms with E-state index in [2.05, 4.69) is 30.8 Å². The second-order valence-corrected chi connectivity index (χ2v) is 8.27. The van der Waals surface area contributed by atoms with Crippen LogP contribution < -0.4 is 15.9 Å². The summed E-state index contributed by atoms with van der Waals surface area (Å²) in [7, 11) is 0. The molecule has 32 heavy (non-hydrogen) atoms. The topological polar surface area (TPSA) is 98.6 Å². The maximum absolute atomic E-state index is 13.4. The van der Waals surface area contributed by atoms with Gasteiger partial charge in [-0.25, -0.2) is 20.4 Å². The number of rotatable bonds is 4. The van der Waals surface area contributed by atoms with Crippen molar-refractivity contribution in [3.05, 3.63) is 41.9 Å². The molecule has 1 aliphatic carbocycles. The smallest absolute Gasteiger partial charge is 0.349 e. The van der Waals surface area contributed by atoms with Crippen LogP contribution in [-0.4, -0.2) is 56.6 Å². The van der Waals surface area contributed by atoms with Gasteiger partial charge in [0.15, 0.2) is 5.82 Å². The number of piperidine rings is 1. The SMILES string of the molecule is CC1C=NN(c2ncccc2C(=O)N2CC3CC(Nc4ncc(C(F)(F)F)cn4)C2C3)N1. The number of nitrogens with one attached hydrogen (secondary N) is 2. The fourth-order valence-corrected chi connectivity index (χ4v) is 4.56. The van der Waals surface area contributed by atoms with E-state index in [-0.39, 0.29) is 30.0 Å². The number of hydrogen-bond donors (Lipinski definition) is 2. The van der Waals surface area contributed by atoms with Crippen molar-refractivity contribution in [2.24, 2.45) is 11.0 Å². The minimum Gasteiger partial charge on any atom is -0.349 e. The number of hydrazone groups is 1. The normalized spacial score (nSPS) is 26.8. The summed E-state index contributed by atoms with van der Waals surface area (Å²) < 4.78 is 38.2.